The average molecular weight is 350 g/mol. The number of piperazine rings is 1. The monoisotopic (exact) mass is 350 g/mol. The summed E-state index contributed by atoms with van der Waals surface area (Å²) < 4.78 is 0. The first kappa shape index (κ1) is 17.0. The Labute approximate surface area is 155 Å². The van der Waals surface area contributed by atoms with Crippen LogP contribution in [0.3, 0.4) is 0 Å². The molecule has 0 aromatic heterocycles. The fraction of sp³-hybridized carbons (Fsp3) is 0.409. The van der Waals surface area contributed by atoms with Crippen molar-refractivity contribution in [2.45, 2.75) is 31.1 Å². The largest absolute Gasteiger partial charge is 0.508 e. The minimum absolute atomic E-state index is 0.286. The van der Waals surface area contributed by atoms with E-state index in [0.29, 0.717) is 5.91 Å². The zero-order valence-corrected chi connectivity index (χ0v) is 15.1. The lowest BCUT2D eigenvalue weighted by molar-refractivity contribution is -0.137. The van der Waals surface area contributed by atoms with Crippen LogP contribution in [0.25, 0.3) is 0 Å². The highest BCUT2D eigenvalue weighted by atomic mass is 16.3. The van der Waals surface area contributed by atoms with Crippen molar-refractivity contribution in [2.24, 2.45) is 0 Å². The summed E-state index contributed by atoms with van der Waals surface area (Å²) >= 11 is 0. The number of rotatable bonds is 3. The van der Waals surface area contributed by atoms with Crippen LogP contribution in [0.5, 0.6) is 5.75 Å². The van der Waals surface area contributed by atoms with Crippen molar-refractivity contribution in [3.63, 3.8) is 0 Å². The second-order valence-corrected chi connectivity index (χ2v) is 7.45. The number of hydrogen-bond acceptors (Lipinski definition) is 3. The van der Waals surface area contributed by atoms with Gasteiger partial charge in [0.15, 0.2) is 0 Å². The zero-order valence-electron chi connectivity index (χ0n) is 15.1. The molecule has 2 aromatic carbocycles. The van der Waals surface area contributed by atoms with Gasteiger partial charge in [-0.1, -0.05) is 43.2 Å². The Morgan fingerprint density at radius 1 is 0.846 bits per heavy atom. The Morgan fingerprint density at radius 3 is 2.08 bits per heavy atom. The Balaban J connectivity index is 1.48. The van der Waals surface area contributed by atoms with Gasteiger partial charge in [0, 0.05) is 31.9 Å². The smallest absolute Gasteiger partial charge is 0.233 e. The summed E-state index contributed by atoms with van der Waals surface area (Å²) in [7, 11) is 0. The summed E-state index contributed by atoms with van der Waals surface area (Å²) in [6, 6.07) is 17.7. The SMILES string of the molecule is O=C(N1CCN(c2ccc(O)cc2)CC1)C1(c2ccccc2)CCCC1. The van der Waals surface area contributed by atoms with E-state index in [1.165, 1.54) is 5.56 Å². The van der Waals surface area contributed by atoms with E-state index >= 15 is 0 Å². The van der Waals surface area contributed by atoms with Crippen molar-refractivity contribution < 1.29 is 9.90 Å². The van der Waals surface area contributed by atoms with Gasteiger partial charge in [-0.3, -0.25) is 4.79 Å². The predicted octanol–water partition coefficient (Wildman–Crippen LogP) is 3.55. The number of anilines is 1. The van der Waals surface area contributed by atoms with Crippen LogP contribution in [0.15, 0.2) is 54.6 Å². The van der Waals surface area contributed by atoms with E-state index in [9.17, 15) is 9.90 Å². The molecule has 1 heterocycles. The standard InChI is InChI=1S/C22H26N2O2/c25-20-10-8-19(9-11-20)23-14-16-24(17-15-23)21(26)22(12-4-5-13-22)18-6-2-1-3-7-18/h1-3,6-11,25H,4-5,12-17H2. The molecule has 136 valence electrons. The molecule has 0 spiro atoms. The van der Waals surface area contributed by atoms with E-state index in [2.05, 4.69) is 21.9 Å². The molecule has 0 atom stereocenters. The molecule has 2 aromatic rings. The second-order valence-electron chi connectivity index (χ2n) is 7.45. The number of carbonyl (C=O) groups excluding carboxylic acids is 1. The van der Waals surface area contributed by atoms with Crippen LogP contribution in [0, 0.1) is 0 Å². The van der Waals surface area contributed by atoms with Crippen LogP contribution >= 0.6 is 0 Å². The third-order valence-corrected chi connectivity index (χ3v) is 5.97. The molecule has 2 fully saturated rings. The highest BCUT2D eigenvalue weighted by Crippen LogP contribution is 2.42. The first-order valence-corrected chi connectivity index (χ1v) is 9.58. The summed E-state index contributed by atoms with van der Waals surface area (Å²) in [5, 5.41) is 9.46. The predicted molar refractivity (Wildman–Crippen MR) is 103 cm³/mol. The molecular formula is C22H26N2O2. The van der Waals surface area contributed by atoms with E-state index in [1.807, 2.05) is 30.3 Å². The van der Waals surface area contributed by atoms with Gasteiger partial charge in [-0.2, -0.15) is 0 Å². The lowest BCUT2D eigenvalue weighted by Crippen LogP contribution is -2.54. The minimum atomic E-state index is -0.317. The second kappa shape index (κ2) is 7.02. The Bertz CT molecular complexity index is 743. The fourth-order valence-corrected chi connectivity index (χ4v) is 4.50. The third-order valence-electron chi connectivity index (χ3n) is 5.97. The number of aromatic hydroxyl groups is 1. The van der Waals surface area contributed by atoms with Crippen LogP contribution in [0.2, 0.25) is 0 Å². The van der Waals surface area contributed by atoms with Gasteiger partial charge in [0.05, 0.1) is 5.41 Å². The summed E-state index contributed by atoms with van der Waals surface area (Å²) in [5.74, 6) is 0.597. The molecule has 1 amide bonds. The average Bonchev–Trinajstić information content (AvgIpc) is 3.20. The maximum atomic E-state index is 13.5. The highest BCUT2D eigenvalue weighted by molar-refractivity contribution is 5.89. The first-order valence-electron chi connectivity index (χ1n) is 9.58. The quantitative estimate of drug-likeness (QED) is 0.921. The van der Waals surface area contributed by atoms with E-state index in [-0.39, 0.29) is 11.2 Å². The number of amides is 1. The summed E-state index contributed by atoms with van der Waals surface area (Å²) in [6.45, 7) is 3.19. The highest BCUT2D eigenvalue weighted by Gasteiger charge is 2.45. The van der Waals surface area contributed by atoms with Crippen molar-refractivity contribution in [3.8, 4) is 5.75 Å². The topological polar surface area (TPSA) is 43.8 Å². The summed E-state index contributed by atoms with van der Waals surface area (Å²) in [6.07, 6.45) is 4.20. The van der Waals surface area contributed by atoms with Crippen molar-refractivity contribution in [3.05, 3.63) is 60.2 Å². The summed E-state index contributed by atoms with van der Waals surface area (Å²) in [5.41, 5.74) is 1.97. The van der Waals surface area contributed by atoms with Crippen LogP contribution in [0.4, 0.5) is 5.69 Å². The molecule has 0 bridgehead atoms. The van der Waals surface area contributed by atoms with Crippen molar-refractivity contribution in [2.75, 3.05) is 31.1 Å². The molecule has 2 aliphatic rings. The van der Waals surface area contributed by atoms with Crippen molar-refractivity contribution in [1.82, 2.24) is 4.90 Å². The molecule has 4 heteroatoms. The molecule has 1 saturated heterocycles. The molecule has 1 aliphatic carbocycles. The van der Waals surface area contributed by atoms with Gasteiger partial charge in [0.1, 0.15) is 5.75 Å². The number of phenols is 1. The van der Waals surface area contributed by atoms with E-state index in [4.69, 9.17) is 0 Å². The number of hydrogen-bond donors (Lipinski definition) is 1. The van der Waals surface area contributed by atoms with Crippen LogP contribution in [-0.2, 0) is 10.2 Å². The Morgan fingerprint density at radius 2 is 1.46 bits per heavy atom. The number of benzene rings is 2. The molecule has 0 radical (unpaired) electrons. The van der Waals surface area contributed by atoms with E-state index < -0.39 is 0 Å². The van der Waals surface area contributed by atoms with Crippen LogP contribution in [-0.4, -0.2) is 42.1 Å². The molecule has 1 N–H and O–H groups in total. The van der Waals surface area contributed by atoms with E-state index in [0.717, 1.165) is 57.5 Å². The van der Waals surface area contributed by atoms with Gasteiger partial charge in [-0.15, -0.1) is 0 Å². The van der Waals surface area contributed by atoms with Gasteiger partial charge in [0.25, 0.3) is 0 Å². The lowest BCUT2D eigenvalue weighted by Gasteiger charge is -2.40. The van der Waals surface area contributed by atoms with Crippen molar-refractivity contribution in [1.29, 1.82) is 0 Å². The van der Waals surface area contributed by atoms with Gasteiger partial charge < -0.3 is 14.9 Å². The van der Waals surface area contributed by atoms with Gasteiger partial charge >= 0.3 is 0 Å². The number of nitrogens with zero attached hydrogens (tertiary/aromatic N) is 2. The molecule has 4 nitrogen and oxygen atoms in total. The zero-order chi connectivity index (χ0) is 18.0. The summed E-state index contributed by atoms with van der Waals surface area (Å²) in [4.78, 5) is 17.8. The maximum Gasteiger partial charge on any atom is 0.233 e. The fourth-order valence-electron chi connectivity index (χ4n) is 4.50. The van der Waals surface area contributed by atoms with Gasteiger partial charge in [-0.05, 0) is 42.7 Å². The molecular weight excluding hydrogens is 324 g/mol. The van der Waals surface area contributed by atoms with E-state index in [1.54, 1.807) is 12.1 Å². The molecule has 26 heavy (non-hydrogen) atoms. The molecule has 0 unspecified atom stereocenters. The molecule has 1 saturated carbocycles. The normalized spacial score (nSPS) is 19.5. The maximum absolute atomic E-state index is 13.5. The number of phenolic OH excluding ortho intramolecular Hbond substituents is 1. The lowest BCUT2D eigenvalue weighted by atomic mass is 9.77. The Hall–Kier alpha value is -2.49. The minimum Gasteiger partial charge on any atom is -0.508 e. The van der Waals surface area contributed by atoms with Gasteiger partial charge in [0.2, 0.25) is 5.91 Å². The van der Waals surface area contributed by atoms with Crippen molar-refractivity contribution >= 4 is 11.6 Å². The molecule has 4 rings (SSSR count). The van der Waals surface area contributed by atoms with Crippen LogP contribution in [0.1, 0.15) is 31.2 Å². The Kier molecular flexibility index (Phi) is 4.58. The molecule has 1 aliphatic heterocycles. The van der Waals surface area contributed by atoms with Crippen LogP contribution < -0.4 is 4.90 Å². The third kappa shape index (κ3) is 3.05. The van der Waals surface area contributed by atoms with Gasteiger partial charge in [-0.25, -0.2) is 0 Å². The number of carbonyl (C=O) groups is 1. The first-order chi connectivity index (χ1) is 12.7.